The van der Waals surface area contributed by atoms with Crippen LogP contribution >= 0.6 is 0 Å². The Bertz CT molecular complexity index is 577. The number of anilines is 1. The van der Waals surface area contributed by atoms with Gasteiger partial charge >= 0.3 is 0 Å². The van der Waals surface area contributed by atoms with E-state index in [1.54, 1.807) is 12.4 Å². The third-order valence-corrected chi connectivity index (χ3v) is 3.54. The number of hydrogen-bond donors (Lipinski definition) is 1. The van der Waals surface area contributed by atoms with Crippen molar-refractivity contribution in [2.45, 2.75) is 33.5 Å². The SMILES string of the molecule is CC(C)CN1CCn2nc(CNc3ncccn3)cc2C1. The molecule has 6 heteroatoms. The Labute approximate surface area is 125 Å². The zero-order valence-corrected chi connectivity index (χ0v) is 12.7. The summed E-state index contributed by atoms with van der Waals surface area (Å²) in [5.74, 6) is 1.35. The minimum Gasteiger partial charge on any atom is -0.348 e. The largest absolute Gasteiger partial charge is 0.348 e. The van der Waals surface area contributed by atoms with Gasteiger partial charge in [-0.15, -0.1) is 0 Å². The molecule has 1 aliphatic heterocycles. The van der Waals surface area contributed by atoms with Crippen molar-refractivity contribution in [1.29, 1.82) is 0 Å². The van der Waals surface area contributed by atoms with E-state index in [9.17, 15) is 0 Å². The highest BCUT2D eigenvalue weighted by Crippen LogP contribution is 2.15. The number of aromatic nitrogens is 4. The molecule has 2 aromatic rings. The number of rotatable bonds is 5. The summed E-state index contributed by atoms with van der Waals surface area (Å²) in [6.07, 6.45) is 3.47. The summed E-state index contributed by atoms with van der Waals surface area (Å²) in [5.41, 5.74) is 2.34. The molecular formula is C15H22N6. The van der Waals surface area contributed by atoms with E-state index in [4.69, 9.17) is 0 Å². The maximum absolute atomic E-state index is 4.65. The maximum Gasteiger partial charge on any atom is 0.222 e. The summed E-state index contributed by atoms with van der Waals surface area (Å²) >= 11 is 0. The highest BCUT2D eigenvalue weighted by Gasteiger charge is 2.18. The number of nitrogens with one attached hydrogen (secondary N) is 1. The zero-order chi connectivity index (χ0) is 14.7. The highest BCUT2D eigenvalue weighted by atomic mass is 15.3. The predicted molar refractivity (Wildman–Crippen MR) is 81.7 cm³/mol. The molecule has 0 fully saturated rings. The van der Waals surface area contributed by atoms with E-state index in [-0.39, 0.29) is 0 Å². The van der Waals surface area contributed by atoms with E-state index in [0.29, 0.717) is 18.4 Å². The molecule has 1 N–H and O–H groups in total. The van der Waals surface area contributed by atoms with Gasteiger partial charge in [-0.25, -0.2) is 9.97 Å². The molecule has 21 heavy (non-hydrogen) atoms. The van der Waals surface area contributed by atoms with E-state index < -0.39 is 0 Å². The van der Waals surface area contributed by atoms with Gasteiger partial charge in [0.15, 0.2) is 0 Å². The molecule has 0 saturated carbocycles. The van der Waals surface area contributed by atoms with Crippen LogP contribution in [0.2, 0.25) is 0 Å². The Kier molecular flexibility index (Phi) is 4.15. The molecule has 0 radical (unpaired) electrons. The molecule has 0 amide bonds. The van der Waals surface area contributed by atoms with Crippen LogP contribution < -0.4 is 5.32 Å². The molecule has 6 nitrogen and oxygen atoms in total. The Morgan fingerprint density at radius 2 is 2.05 bits per heavy atom. The molecule has 0 atom stereocenters. The molecule has 1 aliphatic rings. The molecule has 2 aromatic heterocycles. The Morgan fingerprint density at radius 3 is 2.81 bits per heavy atom. The van der Waals surface area contributed by atoms with Crippen LogP contribution in [0.15, 0.2) is 24.5 Å². The molecule has 0 saturated heterocycles. The van der Waals surface area contributed by atoms with Crippen molar-refractivity contribution >= 4 is 5.95 Å². The van der Waals surface area contributed by atoms with Crippen molar-refractivity contribution in [3.05, 3.63) is 35.9 Å². The lowest BCUT2D eigenvalue weighted by Crippen LogP contribution is -2.36. The van der Waals surface area contributed by atoms with Crippen molar-refractivity contribution in [2.24, 2.45) is 5.92 Å². The molecular weight excluding hydrogens is 264 g/mol. The van der Waals surface area contributed by atoms with Gasteiger partial charge < -0.3 is 5.32 Å². The first-order valence-corrected chi connectivity index (χ1v) is 7.49. The van der Waals surface area contributed by atoms with Crippen LogP contribution in [0.25, 0.3) is 0 Å². The fourth-order valence-corrected chi connectivity index (χ4v) is 2.70. The fourth-order valence-electron chi connectivity index (χ4n) is 2.70. The van der Waals surface area contributed by atoms with Crippen molar-refractivity contribution in [2.75, 3.05) is 18.4 Å². The standard InChI is InChI=1S/C15H22N6/c1-12(2)10-20-6-7-21-14(11-20)8-13(19-21)9-18-15-16-4-3-5-17-15/h3-5,8,12H,6-7,9-11H2,1-2H3,(H,16,17,18). The first kappa shape index (κ1) is 14.0. The van der Waals surface area contributed by atoms with Gasteiger partial charge in [-0.3, -0.25) is 9.58 Å². The smallest absolute Gasteiger partial charge is 0.222 e. The lowest BCUT2D eigenvalue weighted by Gasteiger charge is -2.28. The lowest BCUT2D eigenvalue weighted by atomic mass is 10.2. The highest BCUT2D eigenvalue weighted by molar-refractivity contribution is 5.24. The van der Waals surface area contributed by atoms with Gasteiger partial charge in [-0.1, -0.05) is 13.8 Å². The summed E-state index contributed by atoms with van der Waals surface area (Å²) in [5, 5.41) is 7.85. The van der Waals surface area contributed by atoms with Crippen molar-refractivity contribution in [3.63, 3.8) is 0 Å². The van der Waals surface area contributed by atoms with Gasteiger partial charge in [-0.05, 0) is 18.1 Å². The summed E-state index contributed by atoms with van der Waals surface area (Å²) in [7, 11) is 0. The molecule has 112 valence electrons. The Balaban J connectivity index is 1.61. The van der Waals surface area contributed by atoms with E-state index in [1.165, 1.54) is 5.69 Å². The summed E-state index contributed by atoms with van der Waals surface area (Å²) in [4.78, 5) is 10.8. The summed E-state index contributed by atoms with van der Waals surface area (Å²) in [6, 6.07) is 3.99. The van der Waals surface area contributed by atoms with Gasteiger partial charge in [-0.2, -0.15) is 5.10 Å². The molecule has 0 aromatic carbocycles. The topological polar surface area (TPSA) is 58.9 Å². The van der Waals surface area contributed by atoms with Crippen LogP contribution in [-0.2, 0) is 19.6 Å². The average Bonchev–Trinajstić information content (AvgIpc) is 2.88. The molecule has 3 heterocycles. The minimum absolute atomic E-state index is 0.643. The first-order chi connectivity index (χ1) is 10.2. The summed E-state index contributed by atoms with van der Waals surface area (Å²) < 4.78 is 2.12. The molecule has 0 unspecified atom stereocenters. The second kappa shape index (κ2) is 6.22. The van der Waals surface area contributed by atoms with Crippen LogP contribution in [0.1, 0.15) is 25.2 Å². The van der Waals surface area contributed by atoms with Crippen LogP contribution in [0.5, 0.6) is 0 Å². The van der Waals surface area contributed by atoms with Crippen LogP contribution in [-0.4, -0.2) is 37.7 Å². The monoisotopic (exact) mass is 286 g/mol. The number of fused-ring (bicyclic) bond motifs is 1. The average molecular weight is 286 g/mol. The Morgan fingerprint density at radius 1 is 1.24 bits per heavy atom. The van der Waals surface area contributed by atoms with E-state index in [1.807, 2.05) is 6.07 Å². The number of hydrogen-bond acceptors (Lipinski definition) is 5. The maximum atomic E-state index is 4.65. The van der Waals surface area contributed by atoms with Crippen molar-refractivity contribution < 1.29 is 0 Å². The van der Waals surface area contributed by atoms with Gasteiger partial charge in [0.1, 0.15) is 0 Å². The van der Waals surface area contributed by atoms with E-state index >= 15 is 0 Å². The van der Waals surface area contributed by atoms with E-state index in [0.717, 1.165) is 31.9 Å². The zero-order valence-electron chi connectivity index (χ0n) is 12.7. The van der Waals surface area contributed by atoms with Crippen LogP contribution in [0.4, 0.5) is 5.95 Å². The minimum atomic E-state index is 0.643. The quantitative estimate of drug-likeness (QED) is 0.907. The van der Waals surface area contributed by atoms with E-state index in [2.05, 4.69) is 49.9 Å². The number of nitrogens with zero attached hydrogens (tertiary/aromatic N) is 5. The van der Waals surface area contributed by atoms with Crippen LogP contribution in [0.3, 0.4) is 0 Å². The van der Waals surface area contributed by atoms with Crippen molar-refractivity contribution in [1.82, 2.24) is 24.6 Å². The predicted octanol–water partition coefficient (Wildman–Crippen LogP) is 1.76. The molecule has 0 spiro atoms. The van der Waals surface area contributed by atoms with Gasteiger partial charge in [0.25, 0.3) is 0 Å². The normalized spacial score (nSPS) is 15.2. The Hall–Kier alpha value is -1.95. The second-order valence-electron chi connectivity index (χ2n) is 5.91. The fraction of sp³-hybridized carbons (Fsp3) is 0.533. The molecule has 0 bridgehead atoms. The van der Waals surface area contributed by atoms with Gasteiger partial charge in [0.2, 0.25) is 5.95 Å². The third kappa shape index (κ3) is 3.58. The van der Waals surface area contributed by atoms with Gasteiger partial charge in [0, 0.05) is 32.0 Å². The third-order valence-electron chi connectivity index (χ3n) is 3.54. The second-order valence-corrected chi connectivity index (χ2v) is 5.91. The lowest BCUT2D eigenvalue weighted by molar-refractivity contribution is 0.192. The van der Waals surface area contributed by atoms with Crippen LogP contribution in [0, 0.1) is 5.92 Å². The van der Waals surface area contributed by atoms with Crippen molar-refractivity contribution in [3.8, 4) is 0 Å². The summed E-state index contributed by atoms with van der Waals surface area (Å²) in [6.45, 7) is 9.39. The van der Waals surface area contributed by atoms with Gasteiger partial charge in [0.05, 0.1) is 24.5 Å². The first-order valence-electron chi connectivity index (χ1n) is 7.49. The molecule has 0 aliphatic carbocycles. The molecule has 3 rings (SSSR count).